The average molecular weight is 142 g/mol. The summed E-state index contributed by atoms with van der Waals surface area (Å²) in [6.07, 6.45) is 4.99. The van der Waals surface area contributed by atoms with Crippen LogP contribution in [0.4, 0.5) is 0 Å². The molecule has 2 nitrogen and oxygen atoms in total. The summed E-state index contributed by atoms with van der Waals surface area (Å²) in [6, 6.07) is 0. The Hall–Kier alpha value is -0.790. The van der Waals surface area contributed by atoms with Crippen LogP contribution < -0.4 is 0 Å². The molecule has 1 N–H and O–H groups in total. The summed E-state index contributed by atoms with van der Waals surface area (Å²) >= 11 is 0. The zero-order chi connectivity index (χ0) is 7.98. The lowest BCUT2D eigenvalue weighted by Crippen LogP contribution is -2.03. The van der Waals surface area contributed by atoms with Crippen molar-refractivity contribution >= 4 is 5.97 Å². The first-order valence-corrected chi connectivity index (χ1v) is 3.55. The fourth-order valence-corrected chi connectivity index (χ4v) is 0.845. The Morgan fingerprint density at radius 3 is 2.60 bits per heavy atom. The summed E-state index contributed by atoms with van der Waals surface area (Å²) < 4.78 is 0. The third-order valence-electron chi connectivity index (χ3n) is 1.43. The molecule has 58 valence electrons. The number of hydrogen-bond acceptors (Lipinski definition) is 1. The van der Waals surface area contributed by atoms with Gasteiger partial charge < -0.3 is 5.11 Å². The zero-order valence-electron chi connectivity index (χ0n) is 6.50. The molecule has 0 heterocycles. The van der Waals surface area contributed by atoms with Crippen LogP contribution in [0.5, 0.6) is 0 Å². The van der Waals surface area contributed by atoms with Gasteiger partial charge in [0.2, 0.25) is 0 Å². The van der Waals surface area contributed by atoms with Crippen LogP contribution in [0.25, 0.3) is 0 Å². The highest BCUT2D eigenvalue weighted by molar-refractivity contribution is 5.67. The Bertz CT molecular complexity index is 127. The van der Waals surface area contributed by atoms with E-state index in [0.29, 0.717) is 0 Å². The number of allylic oxidation sites excluding steroid dienone is 2. The first-order valence-electron chi connectivity index (χ1n) is 3.55. The van der Waals surface area contributed by atoms with Gasteiger partial charge in [-0.05, 0) is 19.3 Å². The minimum absolute atomic E-state index is 0.211. The van der Waals surface area contributed by atoms with Crippen molar-refractivity contribution in [1.82, 2.24) is 0 Å². The Labute approximate surface area is 61.6 Å². The quantitative estimate of drug-likeness (QED) is 0.610. The van der Waals surface area contributed by atoms with E-state index in [0.717, 1.165) is 6.42 Å². The largest absolute Gasteiger partial charge is 0.481 e. The van der Waals surface area contributed by atoms with Gasteiger partial charge in [0.25, 0.3) is 0 Å². The maximum atomic E-state index is 10.2. The van der Waals surface area contributed by atoms with Crippen molar-refractivity contribution in [3.8, 4) is 0 Å². The lowest BCUT2D eigenvalue weighted by atomic mass is 10.0. The predicted molar refractivity (Wildman–Crippen MR) is 40.8 cm³/mol. The fraction of sp³-hybridized carbons (Fsp3) is 0.625. The number of carboxylic acid groups (broad SMARTS) is 1. The molecule has 10 heavy (non-hydrogen) atoms. The van der Waals surface area contributed by atoms with Gasteiger partial charge in [0.1, 0.15) is 0 Å². The molecule has 0 rings (SSSR count). The van der Waals surface area contributed by atoms with Crippen LogP contribution in [-0.4, -0.2) is 11.1 Å². The van der Waals surface area contributed by atoms with Crippen LogP contribution in [-0.2, 0) is 4.79 Å². The summed E-state index contributed by atoms with van der Waals surface area (Å²) in [7, 11) is 0. The van der Waals surface area contributed by atoms with E-state index >= 15 is 0 Å². The molecule has 0 aromatic heterocycles. The number of aliphatic carboxylic acids is 1. The topological polar surface area (TPSA) is 37.3 Å². The molecular weight excluding hydrogens is 128 g/mol. The number of rotatable bonds is 4. The second kappa shape index (κ2) is 5.03. The van der Waals surface area contributed by atoms with Gasteiger partial charge in [0.15, 0.2) is 0 Å². The van der Waals surface area contributed by atoms with Gasteiger partial charge in [-0.1, -0.05) is 19.1 Å². The Kier molecular flexibility index (Phi) is 4.63. The predicted octanol–water partition coefficient (Wildman–Crippen LogP) is 2.06. The third-order valence-corrected chi connectivity index (χ3v) is 1.43. The molecule has 0 saturated carbocycles. The SMILES string of the molecule is CC=CC(CC)CC(=O)O. The second-order valence-electron chi connectivity index (χ2n) is 2.29. The zero-order valence-corrected chi connectivity index (χ0v) is 6.50. The van der Waals surface area contributed by atoms with Crippen molar-refractivity contribution in [3.05, 3.63) is 12.2 Å². The van der Waals surface area contributed by atoms with Crippen LogP contribution in [0.1, 0.15) is 26.7 Å². The van der Waals surface area contributed by atoms with Crippen LogP contribution in [0.3, 0.4) is 0 Å². The molecular formula is C8H14O2. The maximum absolute atomic E-state index is 10.2. The molecule has 2 heteroatoms. The minimum Gasteiger partial charge on any atom is -0.481 e. The monoisotopic (exact) mass is 142 g/mol. The number of hydrogen-bond donors (Lipinski definition) is 1. The normalized spacial score (nSPS) is 13.8. The first-order chi connectivity index (χ1) is 4.70. The summed E-state index contributed by atoms with van der Waals surface area (Å²) in [5.41, 5.74) is 0. The van der Waals surface area contributed by atoms with Crippen LogP contribution in [0.2, 0.25) is 0 Å². The Morgan fingerprint density at radius 1 is 1.70 bits per heavy atom. The molecule has 0 aliphatic rings. The van der Waals surface area contributed by atoms with Gasteiger partial charge in [0, 0.05) is 0 Å². The molecule has 1 unspecified atom stereocenters. The third kappa shape index (κ3) is 4.13. The lowest BCUT2D eigenvalue weighted by molar-refractivity contribution is -0.137. The standard InChI is InChI=1S/C8H14O2/c1-3-5-7(4-2)6-8(9)10/h3,5,7H,4,6H2,1-2H3,(H,9,10). The molecule has 0 spiro atoms. The molecule has 0 radical (unpaired) electrons. The smallest absolute Gasteiger partial charge is 0.303 e. The molecule has 0 bridgehead atoms. The van der Waals surface area contributed by atoms with Gasteiger partial charge in [-0.3, -0.25) is 4.79 Å². The molecule has 0 aliphatic heterocycles. The van der Waals surface area contributed by atoms with Crippen LogP contribution in [0.15, 0.2) is 12.2 Å². The van der Waals surface area contributed by atoms with E-state index in [-0.39, 0.29) is 12.3 Å². The molecule has 0 amide bonds. The van der Waals surface area contributed by atoms with Gasteiger partial charge in [-0.2, -0.15) is 0 Å². The molecule has 1 atom stereocenters. The summed E-state index contributed by atoms with van der Waals surface area (Å²) in [5.74, 6) is -0.507. The van der Waals surface area contributed by atoms with E-state index in [4.69, 9.17) is 5.11 Å². The first kappa shape index (κ1) is 9.21. The van der Waals surface area contributed by atoms with Crippen molar-refractivity contribution in [2.75, 3.05) is 0 Å². The van der Waals surface area contributed by atoms with E-state index in [1.807, 2.05) is 26.0 Å². The number of carbonyl (C=O) groups is 1. The number of carboxylic acids is 1. The highest BCUT2D eigenvalue weighted by atomic mass is 16.4. The average Bonchev–Trinajstić information content (AvgIpc) is 1.86. The van der Waals surface area contributed by atoms with Crippen molar-refractivity contribution in [3.63, 3.8) is 0 Å². The highest BCUT2D eigenvalue weighted by Crippen LogP contribution is 2.08. The van der Waals surface area contributed by atoms with E-state index < -0.39 is 5.97 Å². The molecule has 0 aromatic rings. The van der Waals surface area contributed by atoms with Gasteiger partial charge in [-0.15, -0.1) is 0 Å². The molecule has 0 aromatic carbocycles. The highest BCUT2D eigenvalue weighted by Gasteiger charge is 2.05. The van der Waals surface area contributed by atoms with Crippen molar-refractivity contribution < 1.29 is 9.90 Å². The summed E-state index contributed by atoms with van der Waals surface area (Å²) in [6.45, 7) is 3.90. The lowest BCUT2D eigenvalue weighted by Gasteiger charge is -2.03. The van der Waals surface area contributed by atoms with Gasteiger partial charge >= 0.3 is 5.97 Å². The van der Waals surface area contributed by atoms with Crippen LogP contribution >= 0.6 is 0 Å². The summed E-state index contributed by atoms with van der Waals surface area (Å²) in [5, 5.41) is 8.41. The Balaban J connectivity index is 3.71. The maximum Gasteiger partial charge on any atom is 0.303 e. The van der Waals surface area contributed by atoms with Gasteiger partial charge in [-0.25, -0.2) is 0 Å². The fourth-order valence-electron chi connectivity index (χ4n) is 0.845. The Morgan fingerprint density at radius 2 is 2.30 bits per heavy atom. The second-order valence-corrected chi connectivity index (χ2v) is 2.29. The van der Waals surface area contributed by atoms with Crippen molar-refractivity contribution in [2.45, 2.75) is 26.7 Å². The van der Waals surface area contributed by atoms with Crippen LogP contribution in [0, 0.1) is 5.92 Å². The molecule has 0 aliphatic carbocycles. The van der Waals surface area contributed by atoms with Crippen molar-refractivity contribution in [1.29, 1.82) is 0 Å². The minimum atomic E-state index is -0.718. The van der Waals surface area contributed by atoms with Crippen molar-refractivity contribution in [2.24, 2.45) is 5.92 Å². The molecule has 0 fully saturated rings. The van der Waals surface area contributed by atoms with E-state index in [1.165, 1.54) is 0 Å². The summed E-state index contributed by atoms with van der Waals surface area (Å²) in [4.78, 5) is 10.2. The van der Waals surface area contributed by atoms with Gasteiger partial charge in [0.05, 0.1) is 6.42 Å². The van der Waals surface area contributed by atoms with E-state index in [1.54, 1.807) is 0 Å². The van der Waals surface area contributed by atoms with E-state index in [2.05, 4.69) is 0 Å². The molecule has 0 saturated heterocycles. The van der Waals surface area contributed by atoms with E-state index in [9.17, 15) is 4.79 Å².